The quantitative estimate of drug-likeness (QED) is 0.898. The lowest BCUT2D eigenvalue weighted by atomic mass is 10.1. The lowest BCUT2D eigenvalue weighted by molar-refractivity contribution is -0.121. The largest absolute Gasteiger partial charge is 0.350 e. The van der Waals surface area contributed by atoms with Crippen LogP contribution in [0.25, 0.3) is 0 Å². The zero-order valence-electron chi connectivity index (χ0n) is 10.3. The monoisotopic (exact) mass is 260 g/mol. The number of nitrogens with one attached hydrogen (secondary N) is 1. The first-order chi connectivity index (χ1) is 8.74. The van der Waals surface area contributed by atoms with Crippen molar-refractivity contribution in [1.29, 1.82) is 0 Å². The van der Waals surface area contributed by atoms with Crippen LogP contribution in [-0.4, -0.2) is 10.9 Å². The van der Waals surface area contributed by atoms with E-state index in [2.05, 4.69) is 41.5 Å². The third-order valence-electron chi connectivity index (χ3n) is 2.68. The van der Waals surface area contributed by atoms with Crippen molar-refractivity contribution in [3.63, 3.8) is 0 Å². The summed E-state index contributed by atoms with van der Waals surface area (Å²) in [6, 6.07) is 8.29. The molecule has 0 fully saturated rings. The number of benzene rings is 1. The van der Waals surface area contributed by atoms with E-state index in [4.69, 9.17) is 0 Å². The van der Waals surface area contributed by atoms with E-state index in [0.29, 0.717) is 13.0 Å². The molecule has 0 aliphatic carbocycles. The summed E-state index contributed by atoms with van der Waals surface area (Å²) in [4.78, 5) is 15.8. The van der Waals surface area contributed by atoms with E-state index in [1.54, 1.807) is 17.5 Å². The van der Waals surface area contributed by atoms with Gasteiger partial charge in [0.15, 0.2) is 0 Å². The lowest BCUT2D eigenvalue weighted by Crippen LogP contribution is -2.22. The van der Waals surface area contributed by atoms with Crippen molar-refractivity contribution in [2.45, 2.75) is 26.3 Å². The van der Waals surface area contributed by atoms with Crippen molar-refractivity contribution < 1.29 is 4.79 Å². The van der Waals surface area contributed by atoms with Gasteiger partial charge in [0.05, 0.1) is 6.54 Å². The Kier molecular flexibility index (Phi) is 4.47. The second kappa shape index (κ2) is 6.31. The summed E-state index contributed by atoms with van der Waals surface area (Å²) in [6.45, 7) is 2.59. The fraction of sp³-hybridized carbons (Fsp3) is 0.286. The zero-order valence-corrected chi connectivity index (χ0v) is 11.2. The molecule has 4 heteroatoms. The van der Waals surface area contributed by atoms with Crippen LogP contribution in [0.5, 0.6) is 0 Å². The maximum absolute atomic E-state index is 11.6. The summed E-state index contributed by atoms with van der Waals surface area (Å²) in [5.74, 6) is 0.0748. The van der Waals surface area contributed by atoms with Crippen LogP contribution in [0.15, 0.2) is 35.8 Å². The smallest absolute Gasteiger partial charge is 0.220 e. The highest BCUT2D eigenvalue weighted by atomic mass is 32.1. The van der Waals surface area contributed by atoms with Crippen LogP contribution in [0, 0.1) is 6.92 Å². The van der Waals surface area contributed by atoms with Crippen molar-refractivity contribution in [1.82, 2.24) is 10.3 Å². The number of hydrogen-bond donors (Lipinski definition) is 1. The number of carbonyl (C=O) groups is 1. The van der Waals surface area contributed by atoms with Crippen LogP contribution >= 0.6 is 11.3 Å². The molecule has 0 atom stereocenters. The van der Waals surface area contributed by atoms with Crippen LogP contribution in [0.4, 0.5) is 0 Å². The van der Waals surface area contributed by atoms with Crippen molar-refractivity contribution in [2.75, 3.05) is 0 Å². The summed E-state index contributed by atoms with van der Waals surface area (Å²) in [5.41, 5.74) is 2.44. The van der Waals surface area contributed by atoms with Crippen molar-refractivity contribution in [3.8, 4) is 0 Å². The molecule has 0 unspecified atom stereocenters. The number of thiazole rings is 1. The maximum Gasteiger partial charge on any atom is 0.220 e. The number of aromatic nitrogens is 1. The van der Waals surface area contributed by atoms with Gasteiger partial charge in [-0.2, -0.15) is 0 Å². The Hall–Kier alpha value is -1.68. The maximum atomic E-state index is 11.6. The molecule has 3 nitrogen and oxygen atoms in total. The van der Waals surface area contributed by atoms with Crippen molar-refractivity contribution in [3.05, 3.63) is 52.0 Å². The highest BCUT2D eigenvalue weighted by Crippen LogP contribution is 2.06. The first kappa shape index (κ1) is 12.8. The van der Waals surface area contributed by atoms with Gasteiger partial charge in [-0.05, 0) is 18.9 Å². The van der Waals surface area contributed by atoms with Crippen LogP contribution in [0.3, 0.4) is 0 Å². The summed E-state index contributed by atoms with van der Waals surface area (Å²) in [6.07, 6.45) is 3.05. The highest BCUT2D eigenvalue weighted by Gasteiger charge is 2.03. The van der Waals surface area contributed by atoms with Crippen LogP contribution < -0.4 is 5.32 Å². The Labute approximate surface area is 111 Å². The first-order valence-electron chi connectivity index (χ1n) is 5.94. The third kappa shape index (κ3) is 3.96. The van der Waals surface area contributed by atoms with E-state index in [9.17, 15) is 4.79 Å². The molecular weight excluding hydrogens is 244 g/mol. The van der Waals surface area contributed by atoms with Crippen LogP contribution in [-0.2, 0) is 17.8 Å². The zero-order chi connectivity index (χ0) is 12.8. The number of hydrogen-bond acceptors (Lipinski definition) is 3. The number of nitrogens with zero attached hydrogens (tertiary/aromatic N) is 1. The van der Waals surface area contributed by atoms with Gasteiger partial charge in [0, 0.05) is 18.0 Å². The molecule has 1 aromatic carbocycles. The van der Waals surface area contributed by atoms with Gasteiger partial charge in [-0.1, -0.05) is 29.8 Å². The summed E-state index contributed by atoms with van der Waals surface area (Å²) in [7, 11) is 0. The molecule has 0 radical (unpaired) electrons. The molecule has 1 heterocycles. The third-order valence-corrected chi connectivity index (χ3v) is 3.46. The van der Waals surface area contributed by atoms with E-state index in [1.807, 2.05) is 5.38 Å². The second-order valence-electron chi connectivity index (χ2n) is 4.19. The molecule has 2 aromatic rings. The average Bonchev–Trinajstić information content (AvgIpc) is 2.89. The van der Waals surface area contributed by atoms with E-state index < -0.39 is 0 Å². The van der Waals surface area contributed by atoms with Gasteiger partial charge in [0.25, 0.3) is 0 Å². The molecule has 94 valence electrons. The minimum atomic E-state index is 0.0748. The predicted octanol–water partition coefficient (Wildman–Crippen LogP) is 2.70. The Bertz CT molecular complexity index is 491. The molecular formula is C14H16N2OS. The molecule has 1 N–H and O–H groups in total. The molecule has 0 spiro atoms. The predicted molar refractivity (Wildman–Crippen MR) is 73.5 cm³/mol. The molecule has 0 saturated heterocycles. The van der Waals surface area contributed by atoms with E-state index in [-0.39, 0.29) is 5.91 Å². The van der Waals surface area contributed by atoms with Crippen molar-refractivity contribution >= 4 is 17.2 Å². The number of amides is 1. The van der Waals surface area contributed by atoms with E-state index >= 15 is 0 Å². The van der Waals surface area contributed by atoms with Crippen LogP contribution in [0.2, 0.25) is 0 Å². The highest BCUT2D eigenvalue weighted by molar-refractivity contribution is 7.09. The number of aryl methyl sites for hydroxylation is 2. The summed E-state index contributed by atoms with van der Waals surface area (Å²) in [5, 5.41) is 5.73. The SMILES string of the molecule is Cc1ccc(CCC(=O)NCc2nccs2)cc1. The topological polar surface area (TPSA) is 42.0 Å². The molecule has 1 amide bonds. The summed E-state index contributed by atoms with van der Waals surface area (Å²) < 4.78 is 0. The fourth-order valence-electron chi connectivity index (χ4n) is 1.62. The number of carbonyl (C=O) groups excluding carboxylic acids is 1. The van der Waals surface area contributed by atoms with Crippen molar-refractivity contribution in [2.24, 2.45) is 0 Å². The van der Waals surface area contributed by atoms with Gasteiger partial charge < -0.3 is 5.32 Å². The number of rotatable bonds is 5. The second-order valence-corrected chi connectivity index (χ2v) is 5.17. The van der Waals surface area contributed by atoms with Gasteiger partial charge in [0.2, 0.25) is 5.91 Å². The minimum Gasteiger partial charge on any atom is -0.350 e. The Morgan fingerprint density at radius 2 is 2.11 bits per heavy atom. The van der Waals surface area contributed by atoms with Gasteiger partial charge in [-0.15, -0.1) is 11.3 Å². The van der Waals surface area contributed by atoms with Gasteiger partial charge in [-0.3, -0.25) is 4.79 Å². The normalized spacial score (nSPS) is 10.3. The molecule has 0 aliphatic heterocycles. The first-order valence-corrected chi connectivity index (χ1v) is 6.82. The Balaban J connectivity index is 1.73. The van der Waals surface area contributed by atoms with Crippen LogP contribution in [0.1, 0.15) is 22.6 Å². The fourth-order valence-corrected chi connectivity index (χ4v) is 2.17. The molecule has 1 aromatic heterocycles. The van der Waals surface area contributed by atoms with Gasteiger partial charge in [0.1, 0.15) is 5.01 Å². The van der Waals surface area contributed by atoms with E-state index in [1.165, 1.54) is 11.1 Å². The van der Waals surface area contributed by atoms with Gasteiger partial charge in [-0.25, -0.2) is 4.98 Å². The van der Waals surface area contributed by atoms with E-state index in [0.717, 1.165) is 11.4 Å². The molecule has 0 saturated carbocycles. The Morgan fingerprint density at radius 1 is 1.33 bits per heavy atom. The minimum absolute atomic E-state index is 0.0748. The molecule has 0 bridgehead atoms. The van der Waals surface area contributed by atoms with Gasteiger partial charge >= 0.3 is 0 Å². The standard InChI is InChI=1S/C14H16N2OS/c1-11-2-4-12(5-3-11)6-7-13(17)16-10-14-15-8-9-18-14/h2-5,8-9H,6-7,10H2,1H3,(H,16,17). The molecule has 2 rings (SSSR count). The molecule has 0 aliphatic rings. The summed E-state index contributed by atoms with van der Waals surface area (Å²) >= 11 is 1.56. The molecule has 18 heavy (non-hydrogen) atoms. The average molecular weight is 260 g/mol. The Morgan fingerprint density at radius 3 is 2.78 bits per heavy atom. The lowest BCUT2D eigenvalue weighted by Gasteiger charge is -2.04.